The van der Waals surface area contributed by atoms with Crippen LogP contribution in [0.3, 0.4) is 0 Å². The fourth-order valence-electron chi connectivity index (χ4n) is 9.07. The highest BCUT2D eigenvalue weighted by molar-refractivity contribution is 5.87. The second-order valence-corrected chi connectivity index (χ2v) is 15.4. The van der Waals surface area contributed by atoms with Crippen LogP contribution in [0.1, 0.15) is 48.9 Å². The fourth-order valence-corrected chi connectivity index (χ4v) is 9.07. The zero-order valence-electron chi connectivity index (χ0n) is 31.4. The number of nitrogens with zero attached hydrogens (tertiary/aromatic N) is 2. The summed E-state index contributed by atoms with van der Waals surface area (Å²) in [5.74, 6) is 0.360. The number of para-hydroxylation sites is 2. The lowest BCUT2D eigenvalue weighted by Crippen LogP contribution is -2.16. The van der Waals surface area contributed by atoms with Gasteiger partial charge in [-0.3, -0.25) is 0 Å². The number of hydrogen-bond acceptors (Lipinski definition) is 2. The van der Waals surface area contributed by atoms with E-state index in [4.69, 9.17) is 0 Å². The highest BCUT2D eigenvalue weighted by atomic mass is 15.1. The molecule has 0 saturated carbocycles. The van der Waals surface area contributed by atoms with Crippen LogP contribution in [0.5, 0.6) is 0 Å². The van der Waals surface area contributed by atoms with Crippen LogP contribution in [0, 0.1) is 0 Å². The third-order valence-corrected chi connectivity index (χ3v) is 11.9. The van der Waals surface area contributed by atoms with Gasteiger partial charge in [0.25, 0.3) is 0 Å². The summed E-state index contributed by atoms with van der Waals surface area (Å²) in [6.07, 6.45) is 0. The predicted octanol–water partition coefficient (Wildman–Crippen LogP) is 14.7. The molecule has 0 aliphatic heterocycles. The van der Waals surface area contributed by atoms with Gasteiger partial charge in [0.1, 0.15) is 0 Å². The second-order valence-electron chi connectivity index (χ2n) is 15.4. The van der Waals surface area contributed by atoms with Crippen LogP contribution >= 0.6 is 0 Å². The average molecular weight is 707 g/mol. The minimum Gasteiger partial charge on any atom is -0.310 e. The van der Waals surface area contributed by atoms with Gasteiger partial charge < -0.3 is 9.80 Å². The summed E-state index contributed by atoms with van der Waals surface area (Å²) in [6, 6.07) is 71.0. The molecule has 8 aromatic carbocycles. The molecule has 0 saturated heterocycles. The summed E-state index contributed by atoms with van der Waals surface area (Å²) >= 11 is 0. The third-order valence-electron chi connectivity index (χ3n) is 11.9. The Morgan fingerprint density at radius 2 is 0.764 bits per heavy atom. The SMILES string of the molecule is CC1c2ccccc2-c2ccc(N(c3ccccc3)c3ccc(-c4ccc(N(c5ccccc5)c5ccc6c(c5)C(C)(C)c5ccccc5-6)cc4)cc3)cc21. The fraction of sp³-hybridized carbons (Fsp3) is 0.0943. The molecular formula is C53H42N2. The number of rotatable bonds is 7. The van der Waals surface area contributed by atoms with Crippen LogP contribution in [0.15, 0.2) is 194 Å². The molecule has 1 atom stereocenters. The molecule has 0 radical (unpaired) electrons. The molecule has 2 nitrogen and oxygen atoms in total. The van der Waals surface area contributed by atoms with Crippen LogP contribution in [0.25, 0.3) is 33.4 Å². The van der Waals surface area contributed by atoms with Gasteiger partial charge in [-0.1, -0.05) is 142 Å². The number of benzene rings is 8. The third kappa shape index (κ3) is 5.48. The maximum Gasteiger partial charge on any atom is 0.0465 e. The Balaban J connectivity index is 0.978. The maximum absolute atomic E-state index is 2.40. The van der Waals surface area contributed by atoms with Gasteiger partial charge in [0.15, 0.2) is 0 Å². The molecule has 0 heterocycles. The van der Waals surface area contributed by atoms with Gasteiger partial charge >= 0.3 is 0 Å². The van der Waals surface area contributed by atoms with Crippen LogP contribution < -0.4 is 9.80 Å². The van der Waals surface area contributed by atoms with Crippen molar-refractivity contribution in [2.45, 2.75) is 32.1 Å². The van der Waals surface area contributed by atoms with Crippen molar-refractivity contribution in [2.75, 3.05) is 9.80 Å². The van der Waals surface area contributed by atoms with E-state index in [1.165, 1.54) is 61.3 Å². The Morgan fingerprint density at radius 1 is 0.345 bits per heavy atom. The minimum atomic E-state index is -0.0682. The average Bonchev–Trinajstić information content (AvgIpc) is 3.65. The molecule has 0 amide bonds. The minimum absolute atomic E-state index is 0.0682. The molecule has 10 rings (SSSR count). The summed E-state index contributed by atoms with van der Waals surface area (Å²) in [7, 11) is 0. The first-order chi connectivity index (χ1) is 27.0. The van der Waals surface area contributed by atoms with Gasteiger partial charge in [-0.05, 0) is 128 Å². The van der Waals surface area contributed by atoms with Gasteiger partial charge in [0, 0.05) is 45.5 Å². The lowest BCUT2D eigenvalue weighted by molar-refractivity contribution is 0.660. The molecule has 0 spiro atoms. The van der Waals surface area contributed by atoms with Crippen molar-refractivity contribution < 1.29 is 0 Å². The first-order valence-corrected chi connectivity index (χ1v) is 19.3. The predicted molar refractivity (Wildman–Crippen MR) is 232 cm³/mol. The zero-order valence-corrected chi connectivity index (χ0v) is 31.4. The number of anilines is 6. The van der Waals surface area contributed by atoms with Gasteiger partial charge in [-0.2, -0.15) is 0 Å². The molecule has 2 aliphatic carbocycles. The monoisotopic (exact) mass is 706 g/mol. The van der Waals surface area contributed by atoms with Crippen LogP contribution in [0.2, 0.25) is 0 Å². The maximum atomic E-state index is 2.40. The lowest BCUT2D eigenvalue weighted by atomic mass is 9.82. The Labute approximate surface area is 324 Å². The number of fused-ring (bicyclic) bond motifs is 6. The standard InChI is InChI=1S/C53H42N2/c1-36-45-18-10-11-19-46(45)47-32-30-43(34-50(36)47)54(39-14-6-4-7-15-39)41-26-22-37(23-27-41)38-24-28-42(29-25-38)55(40-16-8-5-9-17-40)44-31-33-49-48-20-12-13-21-51(48)53(2,3)52(49)35-44/h4-36H,1-3H3. The summed E-state index contributed by atoms with van der Waals surface area (Å²) in [4.78, 5) is 4.75. The highest BCUT2D eigenvalue weighted by Gasteiger charge is 2.35. The van der Waals surface area contributed by atoms with E-state index in [2.05, 4.69) is 225 Å². The van der Waals surface area contributed by atoms with E-state index in [9.17, 15) is 0 Å². The Kier molecular flexibility index (Phi) is 7.81. The molecule has 0 N–H and O–H groups in total. The molecule has 0 bridgehead atoms. The Bertz CT molecular complexity index is 2670. The van der Waals surface area contributed by atoms with Crippen molar-refractivity contribution in [1.29, 1.82) is 0 Å². The van der Waals surface area contributed by atoms with Crippen LogP contribution in [0.4, 0.5) is 34.1 Å². The molecule has 8 aromatic rings. The van der Waals surface area contributed by atoms with E-state index in [0.717, 1.165) is 28.4 Å². The summed E-state index contributed by atoms with van der Waals surface area (Å²) in [6.45, 7) is 7.02. The van der Waals surface area contributed by atoms with E-state index in [1.54, 1.807) is 0 Å². The molecule has 0 fully saturated rings. The van der Waals surface area contributed by atoms with Crippen molar-refractivity contribution in [3.63, 3.8) is 0 Å². The summed E-state index contributed by atoms with van der Waals surface area (Å²) in [5, 5.41) is 0. The molecule has 55 heavy (non-hydrogen) atoms. The topological polar surface area (TPSA) is 6.48 Å². The normalized spacial score (nSPS) is 14.4. The van der Waals surface area contributed by atoms with Crippen molar-refractivity contribution in [3.05, 3.63) is 216 Å². The van der Waals surface area contributed by atoms with E-state index in [0.29, 0.717) is 5.92 Å². The molecule has 264 valence electrons. The largest absolute Gasteiger partial charge is 0.310 e. The van der Waals surface area contributed by atoms with Crippen molar-refractivity contribution in [1.82, 2.24) is 0 Å². The second kappa shape index (κ2) is 13.0. The van der Waals surface area contributed by atoms with E-state index in [1.807, 2.05) is 0 Å². The first kappa shape index (κ1) is 33.0. The van der Waals surface area contributed by atoms with E-state index in [-0.39, 0.29) is 5.41 Å². The molecule has 2 aliphatic rings. The lowest BCUT2D eigenvalue weighted by Gasteiger charge is -2.28. The summed E-state index contributed by atoms with van der Waals surface area (Å²) < 4.78 is 0. The first-order valence-electron chi connectivity index (χ1n) is 19.3. The van der Waals surface area contributed by atoms with Crippen LogP contribution in [-0.4, -0.2) is 0 Å². The Hall–Kier alpha value is -6.64. The quantitative estimate of drug-likeness (QED) is 0.163. The Morgan fingerprint density at radius 3 is 1.36 bits per heavy atom. The van der Waals surface area contributed by atoms with E-state index >= 15 is 0 Å². The highest BCUT2D eigenvalue weighted by Crippen LogP contribution is 2.51. The van der Waals surface area contributed by atoms with Gasteiger partial charge in [-0.15, -0.1) is 0 Å². The van der Waals surface area contributed by atoms with Crippen LogP contribution in [-0.2, 0) is 5.41 Å². The van der Waals surface area contributed by atoms with Gasteiger partial charge in [-0.25, -0.2) is 0 Å². The number of hydrogen-bond donors (Lipinski definition) is 0. The smallest absolute Gasteiger partial charge is 0.0465 e. The van der Waals surface area contributed by atoms with Gasteiger partial charge in [0.05, 0.1) is 0 Å². The van der Waals surface area contributed by atoms with Crippen molar-refractivity contribution in [3.8, 4) is 33.4 Å². The van der Waals surface area contributed by atoms with Crippen molar-refractivity contribution >= 4 is 34.1 Å². The molecule has 1 unspecified atom stereocenters. The van der Waals surface area contributed by atoms with Gasteiger partial charge in [0.2, 0.25) is 0 Å². The molecular weight excluding hydrogens is 665 g/mol. The zero-order chi connectivity index (χ0) is 37.1. The molecule has 0 aromatic heterocycles. The van der Waals surface area contributed by atoms with E-state index < -0.39 is 0 Å². The summed E-state index contributed by atoms with van der Waals surface area (Å²) in [5.41, 5.74) is 20.1. The molecule has 2 heteroatoms. The van der Waals surface area contributed by atoms with Crippen molar-refractivity contribution in [2.24, 2.45) is 0 Å².